The number of hydrogen-bond acceptors (Lipinski definition) is 5. The Morgan fingerprint density at radius 3 is 1.46 bits per heavy atom. The normalized spacial score (nSPS) is 25.8. The van der Waals surface area contributed by atoms with Crippen molar-refractivity contribution >= 4 is 0 Å². The lowest BCUT2D eigenvalue weighted by Crippen LogP contribution is -2.37. The zero-order valence-electron chi connectivity index (χ0n) is 35.8. The molecule has 0 radical (unpaired) electrons. The maximum atomic E-state index is 10.3. The van der Waals surface area contributed by atoms with Crippen LogP contribution in [0.3, 0.4) is 0 Å². The molecule has 7 atom stereocenters. The van der Waals surface area contributed by atoms with Crippen LogP contribution < -0.4 is 0 Å². The smallest absolute Gasteiger partial charge is 0.146 e. The van der Waals surface area contributed by atoms with E-state index in [1.807, 2.05) is 0 Å². The molecule has 2 fully saturated rings. The van der Waals surface area contributed by atoms with Gasteiger partial charge in [0.1, 0.15) is 6.79 Å². The Kier molecular flexibility index (Phi) is 25.9. The van der Waals surface area contributed by atoms with Crippen LogP contribution in [0.15, 0.2) is 0 Å². The summed E-state index contributed by atoms with van der Waals surface area (Å²) in [4.78, 5) is 0. The molecule has 0 bridgehead atoms. The summed E-state index contributed by atoms with van der Waals surface area (Å²) in [6.07, 6.45) is 14.4. The molecule has 7 unspecified atom stereocenters. The lowest BCUT2D eigenvalue weighted by molar-refractivity contribution is -0.0300. The Labute approximate surface area is 302 Å². The molecule has 0 spiro atoms. The van der Waals surface area contributed by atoms with Crippen molar-refractivity contribution in [1.29, 1.82) is 0 Å². The summed E-state index contributed by atoms with van der Waals surface area (Å²) in [5, 5.41) is 20.5. The fourth-order valence-corrected chi connectivity index (χ4v) is 6.90. The Bertz CT molecular complexity index is 734. The predicted octanol–water partition coefficient (Wildman–Crippen LogP) is 12.0. The highest BCUT2D eigenvalue weighted by atomic mass is 16.7. The molecule has 0 amide bonds. The van der Waals surface area contributed by atoms with E-state index in [2.05, 4.69) is 109 Å². The minimum Gasteiger partial charge on any atom is -0.393 e. The molecule has 0 aromatic heterocycles. The predicted molar refractivity (Wildman–Crippen MR) is 209 cm³/mol. The van der Waals surface area contributed by atoms with Crippen LogP contribution in [-0.4, -0.2) is 56.6 Å². The minimum absolute atomic E-state index is 0.0686. The van der Waals surface area contributed by atoms with Crippen LogP contribution >= 0.6 is 0 Å². The molecule has 2 aliphatic rings. The van der Waals surface area contributed by atoms with E-state index in [1.165, 1.54) is 57.8 Å². The molecule has 292 valence electrons. The van der Waals surface area contributed by atoms with Crippen LogP contribution in [0.2, 0.25) is 0 Å². The SMILES string of the molecule is CC(C)(C)CCC1CCC(C(C)(C)C)C(O)C1.CC(C)(C)CCC1CCC(O)C(C(C)(C)C)C1.CCC(C)COC.CCCOCOC. The molecular formula is C43H90O5. The molecule has 2 rings (SSSR count). The van der Waals surface area contributed by atoms with E-state index in [1.54, 1.807) is 14.2 Å². The maximum Gasteiger partial charge on any atom is 0.146 e. The van der Waals surface area contributed by atoms with Crippen molar-refractivity contribution in [3.8, 4) is 0 Å². The lowest BCUT2D eigenvalue weighted by Gasteiger charge is -2.41. The third kappa shape index (κ3) is 26.6. The van der Waals surface area contributed by atoms with E-state index in [4.69, 9.17) is 9.47 Å². The van der Waals surface area contributed by atoms with Gasteiger partial charge in [-0.3, -0.25) is 0 Å². The van der Waals surface area contributed by atoms with Crippen molar-refractivity contribution in [2.45, 2.75) is 193 Å². The zero-order chi connectivity index (χ0) is 37.8. The first-order chi connectivity index (χ1) is 21.9. The van der Waals surface area contributed by atoms with Gasteiger partial charge in [-0.25, -0.2) is 0 Å². The monoisotopic (exact) mass is 687 g/mol. The molecule has 2 saturated carbocycles. The van der Waals surface area contributed by atoms with Gasteiger partial charge < -0.3 is 24.4 Å². The average Bonchev–Trinajstić information content (AvgIpc) is 2.95. The van der Waals surface area contributed by atoms with E-state index < -0.39 is 0 Å². The first kappa shape index (κ1) is 49.9. The molecular weight excluding hydrogens is 596 g/mol. The quantitative estimate of drug-likeness (QED) is 0.167. The van der Waals surface area contributed by atoms with Gasteiger partial charge in [0.2, 0.25) is 0 Å². The van der Waals surface area contributed by atoms with Crippen molar-refractivity contribution in [3.63, 3.8) is 0 Å². The first-order valence-corrected chi connectivity index (χ1v) is 19.8. The van der Waals surface area contributed by atoms with E-state index in [0.29, 0.717) is 29.5 Å². The Hall–Kier alpha value is -0.200. The number of ether oxygens (including phenoxy) is 3. The van der Waals surface area contributed by atoms with Crippen LogP contribution in [0, 0.1) is 51.2 Å². The molecule has 0 saturated heterocycles. The second-order valence-electron chi connectivity index (χ2n) is 19.9. The summed E-state index contributed by atoms with van der Waals surface area (Å²) >= 11 is 0. The molecule has 48 heavy (non-hydrogen) atoms. The van der Waals surface area contributed by atoms with Crippen molar-refractivity contribution in [2.24, 2.45) is 51.2 Å². The maximum absolute atomic E-state index is 10.3. The summed E-state index contributed by atoms with van der Waals surface area (Å²) in [6, 6.07) is 0. The number of hydrogen-bond donors (Lipinski definition) is 2. The van der Waals surface area contributed by atoms with Crippen LogP contribution in [0.1, 0.15) is 181 Å². The van der Waals surface area contributed by atoms with E-state index in [9.17, 15) is 10.2 Å². The Balaban J connectivity index is 0. The fourth-order valence-electron chi connectivity index (χ4n) is 6.90. The third-order valence-electron chi connectivity index (χ3n) is 10.4. The van der Waals surface area contributed by atoms with Crippen LogP contribution in [0.25, 0.3) is 0 Å². The van der Waals surface area contributed by atoms with E-state index >= 15 is 0 Å². The van der Waals surface area contributed by atoms with Gasteiger partial charge in [0.25, 0.3) is 0 Å². The van der Waals surface area contributed by atoms with Gasteiger partial charge in [-0.2, -0.15) is 0 Å². The lowest BCUT2D eigenvalue weighted by atomic mass is 9.66. The number of aliphatic hydroxyl groups is 2. The van der Waals surface area contributed by atoms with Gasteiger partial charge >= 0.3 is 0 Å². The zero-order valence-corrected chi connectivity index (χ0v) is 35.8. The molecule has 0 aromatic rings. The second kappa shape index (κ2) is 24.9. The molecule has 2 aliphatic carbocycles. The summed E-state index contributed by atoms with van der Waals surface area (Å²) in [5.74, 6) is 3.30. The number of aliphatic hydroxyl groups excluding tert-OH is 2. The summed E-state index contributed by atoms with van der Waals surface area (Å²) in [5.41, 5.74) is 1.40. The van der Waals surface area contributed by atoms with E-state index in [-0.39, 0.29) is 23.0 Å². The highest BCUT2D eigenvalue weighted by molar-refractivity contribution is 4.88. The molecule has 5 heteroatoms. The fraction of sp³-hybridized carbons (Fsp3) is 1.00. The van der Waals surface area contributed by atoms with Gasteiger partial charge in [0.05, 0.1) is 12.2 Å². The number of rotatable bonds is 11. The van der Waals surface area contributed by atoms with Crippen molar-refractivity contribution in [2.75, 3.05) is 34.2 Å². The largest absolute Gasteiger partial charge is 0.393 e. The van der Waals surface area contributed by atoms with Gasteiger partial charge in [-0.1, -0.05) is 110 Å². The summed E-state index contributed by atoms with van der Waals surface area (Å²) in [6.45, 7) is 36.0. The molecule has 0 aromatic carbocycles. The molecule has 0 aliphatic heterocycles. The van der Waals surface area contributed by atoms with Crippen molar-refractivity contribution in [3.05, 3.63) is 0 Å². The van der Waals surface area contributed by atoms with Crippen molar-refractivity contribution < 1.29 is 24.4 Å². The summed E-state index contributed by atoms with van der Waals surface area (Å²) < 4.78 is 14.4. The average molecular weight is 687 g/mol. The topological polar surface area (TPSA) is 68.2 Å². The second-order valence-corrected chi connectivity index (χ2v) is 19.9. The van der Waals surface area contributed by atoms with Gasteiger partial charge in [-0.15, -0.1) is 0 Å². The Morgan fingerprint density at radius 1 is 0.625 bits per heavy atom. The highest BCUT2D eigenvalue weighted by Gasteiger charge is 2.37. The van der Waals surface area contributed by atoms with Crippen LogP contribution in [-0.2, 0) is 14.2 Å². The first-order valence-electron chi connectivity index (χ1n) is 19.8. The summed E-state index contributed by atoms with van der Waals surface area (Å²) in [7, 11) is 3.36. The highest BCUT2D eigenvalue weighted by Crippen LogP contribution is 2.43. The van der Waals surface area contributed by atoms with Crippen LogP contribution in [0.5, 0.6) is 0 Å². The molecule has 0 heterocycles. The standard InChI is InChI=1S/2C16H32O.C6H14O.C5H12O2/c1-15(2,3)10-9-12-7-8-14(17)13(11-12)16(4,5)6;1-15(2,3)10-9-12-7-8-13(14(17)11-12)16(4,5)6;1-4-6(2)5-7-3;1-3-4-7-5-6-2/h2*12-14,17H,7-11H2,1-6H3;6H,4-5H2,1-3H3;3-5H2,1-2H3. The van der Waals surface area contributed by atoms with Gasteiger partial charge in [-0.05, 0) is 122 Å². The van der Waals surface area contributed by atoms with Crippen LogP contribution in [0.4, 0.5) is 0 Å². The minimum atomic E-state index is -0.0753. The molecule has 2 N–H and O–H groups in total. The Morgan fingerprint density at radius 2 is 1.10 bits per heavy atom. The van der Waals surface area contributed by atoms with Gasteiger partial charge in [0.15, 0.2) is 0 Å². The van der Waals surface area contributed by atoms with E-state index in [0.717, 1.165) is 50.2 Å². The molecule has 5 nitrogen and oxygen atoms in total. The van der Waals surface area contributed by atoms with Gasteiger partial charge in [0, 0.05) is 27.4 Å². The number of methoxy groups -OCH3 is 2. The third-order valence-corrected chi connectivity index (χ3v) is 10.4. The van der Waals surface area contributed by atoms with Crippen molar-refractivity contribution in [1.82, 2.24) is 0 Å².